The minimum absolute atomic E-state index is 0.596. The number of nitrogens with one attached hydrogen (secondary N) is 1. The first-order chi connectivity index (χ1) is 10.3. The molecule has 3 aromatic rings. The van der Waals surface area contributed by atoms with Crippen LogP contribution in [0.15, 0.2) is 42.5 Å². The number of aryl methyl sites for hydroxylation is 1. The van der Waals surface area contributed by atoms with Gasteiger partial charge >= 0.3 is 0 Å². The number of tetrazole rings is 1. The number of benzene rings is 2. The molecule has 1 aromatic heterocycles. The van der Waals surface area contributed by atoms with Gasteiger partial charge in [-0.05, 0) is 45.7 Å². The highest BCUT2D eigenvalue weighted by molar-refractivity contribution is 5.74. The third kappa shape index (κ3) is 2.63. The second-order valence-electron chi connectivity index (χ2n) is 4.72. The highest BCUT2D eigenvalue weighted by Gasteiger charge is 2.11. The molecule has 0 fully saturated rings. The van der Waals surface area contributed by atoms with Crippen molar-refractivity contribution < 1.29 is 4.74 Å². The number of aromatic nitrogens is 4. The van der Waals surface area contributed by atoms with Crippen LogP contribution in [-0.2, 0) is 6.42 Å². The van der Waals surface area contributed by atoms with Crippen LogP contribution >= 0.6 is 0 Å². The summed E-state index contributed by atoms with van der Waals surface area (Å²) in [6.07, 6.45) is 1.04. The maximum atomic E-state index is 5.38. The third-order valence-electron chi connectivity index (χ3n) is 3.50. The van der Waals surface area contributed by atoms with Gasteiger partial charge in [0.2, 0.25) is 0 Å². The van der Waals surface area contributed by atoms with Gasteiger partial charge < -0.3 is 4.74 Å². The number of hydrogen-bond acceptors (Lipinski definition) is 4. The Morgan fingerprint density at radius 2 is 1.81 bits per heavy atom. The van der Waals surface area contributed by atoms with Gasteiger partial charge in [0, 0.05) is 0 Å². The number of rotatable bonds is 4. The maximum Gasteiger partial charge on any atom is 0.183 e. The van der Waals surface area contributed by atoms with Gasteiger partial charge in [0.15, 0.2) is 5.82 Å². The van der Waals surface area contributed by atoms with E-state index in [1.165, 1.54) is 5.56 Å². The zero-order valence-electron chi connectivity index (χ0n) is 12.0. The Labute approximate surface area is 123 Å². The van der Waals surface area contributed by atoms with Gasteiger partial charge in [-0.2, -0.15) is 0 Å². The number of methoxy groups -OCH3 is 1. The van der Waals surface area contributed by atoms with Crippen LogP contribution in [0.5, 0.6) is 5.75 Å². The molecule has 1 heterocycles. The van der Waals surface area contributed by atoms with E-state index in [0.717, 1.165) is 28.9 Å². The van der Waals surface area contributed by atoms with Gasteiger partial charge in [-0.3, -0.25) is 0 Å². The lowest BCUT2D eigenvalue weighted by Gasteiger charge is -2.09. The van der Waals surface area contributed by atoms with E-state index in [4.69, 9.17) is 4.74 Å². The Morgan fingerprint density at radius 3 is 2.43 bits per heavy atom. The first-order valence-electron chi connectivity index (χ1n) is 6.83. The molecule has 3 rings (SSSR count). The zero-order chi connectivity index (χ0) is 14.7. The molecule has 0 amide bonds. The van der Waals surface area contributed by atoms with E-state index in [2.05, 4.69) is 51.8 Å². The van der Waals surface area contributed by atoms with Crippen molar-refractivity contribution in [2.24, 2.45) is 0 Å². The molecule has 0 bridgehead atoms. The molecule has 0 saturated carbocycles. The zero-order valence-corrected chi connectivity index (χ0v) is 12.0. The van der Waals surface area contributed by atoms with Gasteiger partial charge in [-0.25, -0.2) is 5.10 Å². The van der Waals surface area contributed by atoms with Crippen molar-refractivity contribution >= 4 is 0 Å². The number of ether oxygens (including phenoxy) is 1. The summed E-state index contributed by atoms with van der Waals surface area (Å²) in [6.45, 7) is 2.15. The second kappa shape index (κ2) is 5.75. The smallest absolute Gasteiger partial charge is 0.183 e. The molecule has 0 aliphatic rings. The van der Waals surface area contributed by atoms with E-state index in [1.807, 2.05) is 18.2 Å². The summed E-state index contributed by atoms with van der Waals surface area (Å²) >= 11 is 0. The summed E-state index contributed by atoms with van der Waals surface area (Å²) < 4.78 is 5.38. The van der Waals surface area contributed by atoms with Crippen LogP contribution in [0.4, 0.5) is 0 Å². The lowest BCUT2D eigenvalue weighted by atomic mass is 10.0. The van der Waals surface area contributed by atoms with E-state index in [9.17, 15) is 0 Å². The van der Waals surface area contributed by atoms with Crippen LogP contribution in [0, 0.1) is 0 Å². The summed E-state index contributed by atoms with van der Waals surface area (Å²) in [5.74, 6) is 1.33. The van der Waals surface area contributed by atoms with Crippen molar-refractivity contribution in [1.29, 1.82) is 0 Å². The largest absolute Gasteiger partial charge is 0.496 e. The normalized spacial score (nSPS) is 10.6. The molecule has 0 radical (unpaired) electrons. The lowest BCUT2D eigenvalue weighted by Crippen LogP contribution is -1.91. The highest BCUT2D eigenvalue weighted by Crippen LogP contribution is 2.32. The monoisotopic (exact) mass is 280 g/mol. The van der Waals surface area contributed by atoms with Crippen LogP contribution in [-0.4, -0.2) is 27.7 Å². The second-order valence-corrected chi connectivity index (χ2v) is 4.72. The topological polar surface area (TPSA) is 63.7 Å². The fraction of sp³-hybridized carbons (Fsp3) is 0.188. The SMILES string of the molecule is CCc1ccc(-c2ccc(OC)c(-c3nnn[nH]3)c2)cc1. The minimum atomic E-state index is 0.596. The van der Waals surface area contributed by atoms with Crippen molar-refractivity contribution in [2.75, 3.05) is 7.11 Å². The van der Waals surface area contributed by atoms with Gasteiger partial charge in [0.1, 0.15) is 5.75 Å². The van der Waals surface area contributed by atoms with Gasteiger partial charge in [0.25, 0.3) is 0 Å². The first-order valence-corrected chi connectivity index (χ1v) is 6.83. The molecule has 2 aromatic carbocycles. The first kappa shape index (κ1) is 13.3. The number of hydrogen-bond donors (Lipinski definition) is 1. The number of H-pyrrole nitrogens is 1. The van der Waals surface area contributed by atoms with Gasteiger partial charge in [-0.15, -0.1) is 5.10 Å². The van der Waals surface area contributed by atoms with Crippen LogP contribution in [0.3, 0.4) is 0 Å². The van der Waals surface area contributed by atoms with Crippen molar-refractivity contribution in [3.63, 3.8) is 0 Å². The van der Waals surface area contributed by atoms with Crippen LogP contribution in [0.2, 0.25) is 0 Å². The van der Waals surface area contributed by atoms with Crippen molar-refractivity contribution in [2.45, 2.75) is 13.3 Å². The Hall–Kier alpha value is -2.69. The van der Waals surface area contributed by atoms with Crippen LogP contribution in [0.25, 0.3) is 22.5 Å². The molecule has 1 N–H and O–H groups in total. The quantitative estimate of drug-likeness (QED) is 0.797. The van der Waals surface area contributed by atoms with Crippen molar-refractivity contribution in [3.8, 4) is 28.3 Å². The predicted molar refractivity (Wildman–Crippen MR) is 81.0 cm³/mol. The molecule has 0 unspecified atom stereocenters. The maximum absolute atomic E-state index is 5.38. The lowest BCUT2D eigenvalue weighted by molar-refractivity contribution is 0.416. The van der Waals surface area contributed by atoms with E-state index >= 15 is 0 Å². The molecule has 0 aliphatic carbocycles. The highest BCUT2D eigenvalue weighted by atomic mass is 16.5. The summed E-state index contributed by atoms with van der Waals surface area (Å²) in [5.41, 5.74) is 4.43. The van der Waals surface area contributed by atoms with Gasteiger partial charge in [0.05, 0.1) is 12.7 Å². The third-order valence-corrected chi connectivity index (χ3v) is 3.50. The predicted octanol–water partition coefficient (Wildman–Crippen LogP) is 3.10. The summed E-state index contributed by atoms with van der Waals surface area (Å²) in [7, 11) is 1.64. The van der Waals surface area contributed by atoms with E-state index in [-0.39, 0.29) is 0 Å². The van der Waals surface area contributed by atoms with Crippen molar-refractivity contribution in [1.82, 2.24) is 20.6 Å². The summed E-state index contributed by atoms with van der Waals surface area (Å²) in [6, 6.07) is 14.5. The van der Waals surface area contributed by atoms with Crippen LogP contribution < -0.4 is 4.74 Å². The Balaban J connectivity index is 2.05. The van der Waals surface area contributed by atoms with E-state index < -0.39 is 0 Å². The molecular formula is C16H16N4O. The molecule has 0 saturated heterocycles. The molecule has 106 valence electrons. The standard InChI is InChI=1S/C16H16N4O/c1-3-11-4-6-12(7-5-11)13-8-9-15(21-2)14(10-13)16-17-19-20-18-16/h4-10H,3H2,1-2H3,(H,17,18,19,20). The fourth-order valence-electron chi connectivity index (χ4n) is 2.28. The molecule has 21 heavy (non-hydrogen) atoms. The average molecular weight is 280 g/mol. The van der Waals surface area contributed by atoms with Crippen LogP contribution in [0.1, 0.15) is 12.5 Å². The number of nitrogens with zero attached hydrogens (tertiary/aromatic N) is 3. The Morgan fingerprint density at radius 1 is 1.05 bits per heavy atom. The van der Waals surface area contributed by atoms with Gasteiger partial charge in [-0.1, -0.05) is 37.3 Å². The minimum Gasteiger partial charge on any atom is -0.496 e. The Bertz CT molecular complexity index is 721. The molecule has 0 aliphatic heterocycles. The molecule has 5 heteroatoms. The molecule has 5 nitrogen and oxygen atoms in total. The fourth-order valence-corrected chi connectivity index (χ4v) is 2.28. The summed E-state index contributed by atoms with van der Waals surface area (Å²) in [5, 5.41) is 14.0. The molecule has 0 atom stereocenters. The summed E-state index contributed by atoms with van der Waals surface area (Å²) in [4.78, 5) is 0. The van der Waals surface area contributed by atoms with Crippen molar-refractivity contribution in [3.05, 3.63) is 48.0 Å². The Kier molecular flexibility index (Phi) is 3.64. The average Bonchev–Trinajstić information content (AvgIpc) is 3.08. The number of aromatic amines is 1. The van der Waals surface area contributed by atoms with E-state index in [1.54, 1.807) is 7.11 Å². The molecular weight excluding hydrogens is 264 g/mol. The molecule has 0 spiro atoms. The van der Waals surface area contributed by atoms with E-state index in [0.29, 0.717) is 5.82 Å².